The van der Waals surface area contributed by atoms with Gasteiger partial charge in [-0.3, -0.25) is 9.82 Å². The van der Waals surface area contributed by atoms with Gasteiger partial charge in [0.05, 0.1) is 26.0 Å². The zero-order valence-corrected chi connectivity index (χ0v) is 20.8. The van der Waals surface area contributed by atoms with Crippen LogP contribution in [-0.2, 0) is 10.0 Å². The molecule has 0 unspecified atom stereocenters. The van der Waals surface area contributed by atoms with Crippen molar-refractivity contribution in [2.45, 2.75) is 42.6 Å². The van der Waals surface area contributed by atoms with Crippen molar-refractivity contribution in [1.82, 2.24) is 15.4 Å². The Balaban J connectivity index is 1.36. The number of nitrogens with one attached hydrogen (secondary N) is 3. The zero-order chi connectivity index (χ0) is 25.7. The number of anilines is 3. The molecular formula is C24H24FN5O6S. The highest BCUT2D eigenvalue weighted by Gasteiger charge is 2.32. The summed E-state index contributed by atoms with van der Waals surface area (Å²) in [6.07, 6.45) is 3.81. The van der Waals surface area contributed by atoms with E-state index >= 15 is 4.39 Å². The lowest BCUT2D eigenvalue weighted by Gasteiger charge is -2.15. The normalized spacial score (nSPS) is 15.5. The van der Waals surface area contributed by atoms with Gasteiger partial charge in [0.15, 0.2) is 33.7 Å². The Morgan fingerprint density at radius 3 is 2.59 bits per heavy atom. The van der Waals surface area contributed by atoms with E-state index in [-0.39, 0.29) is 50.7 Å². The van der Waals surface area contributed by atoms with Crippen molar-refractivity contribution in [3.8, 4) is 17.2 Å². The standard InChI is InChI=1S/C24H24FN5O6S/c1-33-16-4-3-5-17(35-13-8-9-13)23(16)37(31,32)30-24-20-18(36-29-24)10-15(21(25)22(20)34-2)26-19-11-14(27-28-19)12-6-7-12/h3-5,10-13H,6-9H2,1-2H3,(H,29,30)(H2,26,27,28). The molecule has 0 spiro atoms. The van der Waals surface area contributed by atoms with Crippen LogP contribution in [-0.4, -0.2) is 44.1 Å². The van der Waals surface area contributed by atoms with Gasteiger partial charge in [-0.05, 0) is 37.8 Å². The Labute approximate surface area is 211 Å². The summed E-state index contributed by atoms with van der Waals surface area (Å²) in [5, 5.41) is 13.9. The molecule has 2 aliphatic rings. The number of sulfonamides is 1. The Morgan fingerprint density at radius 1 is 1.11 bits per heavy atom. The number of halogens is 1. The Bertz CT molecular complexity index is 1590. The molecule has 2 aliphatic carbocycles. The summed E-state index contributed by atoms with van der Waals surface area (Å²) in [4.78, 5) is -0.191. The second-order valence-corrected chi connectivity index (χ2v) is 10.6. The van der Waals surface area contributed by atoms with E-state index < -0.39 is 15.8 Å². The van der Waals surface area contributed by atoms with Crippen LogP contribution in [0.5, 0.6) is 17.2 Å². The number of aromatic amines is 1. The van der Waals surface area contributed by atoms with Crippen LogP contribution in [0.3, 0.4) is 0 Å². The molecule has 2 aromatic carbocycles. The number of hydrogen-bond donors (Lipinski definition) is 3. The summed E-state index contributed by atoms with van der Waals surface area (Å²) < 4.78 is 66.6. The van der Waals surface area contributed by atoms with Crippen LogP contribution in [0.4, 0.5) is 21.7 Å². The number of aromatic nitrogens is 3. The first-order valence-electron chi connectivity index (χ1n) is 11.7. The lowest BCUT2D eigenvalue weighted by molar-refractivity contribution is 0.290. The Kier molecular flexibility index (Phi) is 5.59. The van der Waals surface area contributed by atoms with E-state index in [1.54, 1.807) is 12.1 Å². The first-order chi connectivity index (χ1) is 17.9. The van der Waals surface area contributed by atoms with E-state index in [1.165, 1.54) is 26.4 Å². The van der Waals surface area contributed by atoms with Crippen molar-refractivity contribution >= 4 is 38.3 Å². The molecular weight excluding hydrogens is 505 g/mol. The Hall–Kier alpha value is -4.00. The number of rotatable bonds is 10. The predicted molar refractivity (Wildman–Crippen MR) is 132 cm³/mol. The zero-order valence-electron chi connectivity index (χ0n) is 20.0. The van der Waals surface area contributed by atoms with Crippen LogP contribution in [0.1, 0.15) is 37.3 Å². The summed E-state index contributed by atoms with van der Waals surface area (Å²) in [6.45, 7) is 0. The van der Waals surface area contributed by atoms with Gasteiger partial charge < -0.3 is 24.1 Å². The summed E-state index contributed by atoms with van der Waals surface area (Å²) in [5.41, 5.74) is 1.12. The lowest BCUT2D eigenvalue weighted by Crippen LogP contribution is -2.16. The molecule has 4 aromatic rings. The van der Waals surface area contributed by atoms with Crippen LogP contribution in [0.15, 0.2) is 39.8 Å². The largest absolute Gasteiger partial charge is 0.495 e. The van der Waals surface area contributed by atoms with Crippen molar-refractivity contribution in [2.75, 3.05) is 24.3 Å². The SMILES string of the molecule is COc1cccc(OC2CC2)c1S(=O)(=O)Nc1noc2cc(Nc3cc(C4CC4)[nH]n3)c(F)c(OC)c12. The molecule has 2 saturated carbocycles. The van der Waals surface area contributed by atoms with Gasteiger partial charge in [0.25, 0.3) is 10.0 Å². The van der Waals surface area contributed by atoms with E-state index in [9.17, 15) is 8.42 Å². The maximum atomic E-state index is 15.5. The summed E-state index contributed by atoms with van der Waals surface area (Å²) >= 11 is 0. The molecule has 194 valence electrons. The number of ether oxygens (including phenoxy) is 3. The quantitative estimate of drug-likeness (QED) is 0.267. The highest BCUT2D eigenvalue weighted by molar-refractivity contribution is 7.93. The van der Waals surface area contributed by atoms with Gasteiger partial charge in [0.2, 0.25) is 0 Å². The molecule has 2 fully saturated rings. The van der Waals surface area contributed by atoms with Gasteiger partial charge in [-0.2, -0.15) is 5.10 Å². The molecule has 0 bridgehead atoms. The number of benzene rings is 2. The molecule has 13 heteroatoms. The molecule has 0 aliphatic heterocycles. The van der Waals surface area contributed by atoms with Crippen LogP contribution >= 0.6 is 0 Å². The molecule has 2 aromatic heterocycles. The molecule has 0 radical (unpaired) electrons. The first kappa shape index (κ1) is 23.4. The predicted octanol–water partition coefficient (Wildman–Crippen LogP) is 4.67. The van der Waals surface area contributed by atoms with E-state index in [1.807, 2.05) is 6.07 Å². The fourth-order valence-corrected chi connectivity index (χ4v) is 5.39. The molecule has 0 amide bonds. The fourth-order valence-electron chi connectivity index (χ4n) is 4.10. The van der Waals surface area contributed by atoms with E-state index in [2.05, 4.69) is 25.4 Å². The van der Waals surface area contributed by atoms with Crippen molar-refractivity contribution in [3.05, 3.63) is 41.8 Å². The van der Waals surface area contributed by atoms with Crippen LogP contribution < -0.4 is 24.2 Å². The monoisotopic (exact) mass is 529 g/mol. The molecule has 0 saturated heterocycles. The summed E-state index contributed by atoms with van der Waals surface area (Å²) in [5.74, 6) is -0.119. The molecule has 3 N–H and O–H groups in total. The highest BCUT2D eigenvalue weighted by atomic mass is 32.2. The van der Waals surface area contributed by atoms with Gasteiger partial charge in [0, 0.05) is 23.7 Å². The van der Waals surface area contributed by atoms with Gasteiger partial charge >= 0.3 is 0 Å². The van der Waals surface area contributed by atoms with Crippen LogP contribution in [0.2, 0.25) is 0 Å². The number of methoxy groups -OCH3 is 2. The minimum Gasteiger partial charge on any atom is -0.495 e. The third-order valence-electron chi connectivity index (χ3n) is 6.22. The molecule has 37 heavy (non-hydrogen) atoms. The lowest BCUT2D eigenvalue weighted by atomic mass is 10.2. The topological polar surface area (TPSA) is 141 Å². The van der Waals surface area contributed by atoms with Crippen molar-refractivity contribution in [3.63, 3.8) is 0 Å². The minimum absolute atomic E-state index is 0.0226. The molecule has 2 heterocycles. The third kappa shape index (κ3) is 4.39. The maximum absolute atomic E-state index is 15.5. The van der Waals surface area contributed by atoms with Gasteiger partial charge in [-0.25, -0.2) is 12.8 Å². The van der Waals surface area contributed by atoms with Crippen LogP contribution in [0, 0.1) is 5.82 Å². The van der Waals surface area contributed by atoms with Gasteiger partial charge in [-0.15, -0.1) is 0 Å². The average Bonchev–Trinajstić information content (AvgIpc) is 3.81. The number of hydrogen-bond acceptors (Lipinski definition) is 9. The highest BCUT2D eigenvalue weighted by Crippen LogP contribution is 2.43. The summed E-state index contributed by atoms with van der Waals surface area (Å²) in [7, 11) is -1.66. The molecule has 0 atom stereocenters. The third-order valence-corrected chi connectivity index (χ3v) is 7.62. The number of fused-ring (bicyclic) bond motifs is 1. The van der Waals surface area contributed by atoms with Crippen molar-refractivity contribution in [1.29, 1.82) is 0 Å². The van der Waals surface area contributed by atoms with Crippen LogP contribution in [0.25, 0.3) is 11.0 Å². The molecule has 6 rings (SSSR count). The summed E-state index contributed by atoms with van der Waals surface area (Å²) in [6, 6.07) is 7.90. The van der Waals surface area contributed by atoms with Crippen molar-refractivity contribution < 1.29 is 31.5 Å². The maximum Gasteiger partial charge on any atom is 0.270 e. The fraction of sp³-hybridized carbons (Fsp3) is 0.333. The second kappa shape index (κ2) is 8.83. The first-order valence-corrected chi connectivity index (χ1v) is 13.2. The van der Waals surface area contributed by atoms with E-state index in [0.717, 1.165) is 31.4 Å². The minimum atomic E-state index is -4.29. The van der Waals surface area contributed by atoms with E-state index in [0.29, 0.717) is 11.7 Å². The van der Waals surface area contributed by atoms with Gasteiger partial charge in [0.1, 0.15) is 16.9 Å². The van der Waals surface area contributed by atoms with Gasteiger partial charge in [-0.1, -0.05) is 11.2 Å². The number of H-pyrrole nitrogens is 1. The molecule has 11 nitrogen and oxygen atoms in total. The van der Waals surface area contributed by atoms with E-state index in [4.69, 9.17) is 18.7 Å². The number of nitrogens with zero attached hydrogens (tertiary/aromatic N) is 2. The second-order valence-electron chi connectivity index (χ2n) is 8.99. The average molecular weight is 530 g/mol. The smallest absolute Gasteiger partial charge is 0.270 e. The Morgan fingerprint density at radius 2 is 1.89 bits per heavy atom. The van der Waals surface area contributed by atoms with Crippen molar-refractivity contribution in [2.24, 2.45) is 0 Å².